The summed E-state index contributed by atoms with van der Waals surface area (Å²) in [6.07, 6.45) is -4.55. The highest BCUT2D eigenvalue weighted by Gasteiger charge is 2.34. The van der Waals surface area contributed by atoms with Crippen LogP contribution < -0.4 is 10.1 Å². The van der Waals surface area contributed by atoms with Crippen molar-refractivity contribution >= 4 is 11.6 Å². The Hall–Kier alpha value is -3.35. The number of rotatable bonds is 4. The normalized spacial score (nSPS) is 11.3. The van der Waals surface area contributed by atoms with Crippen LogP contribution in [0.2, 0.25) is 0 Å². The summed E-state index contributed by atoms with van der Waals surface area (Å²) in [5.74, 6) is -1.34. The average Bonchev–Trinajstić information content (AvgIpc) is 2.66. The minimum Gasteiger partial charge on any atom is -0.457 e. The number of alkyl halides is 3. The number of aryl methyl sites for hydroxylation is 3. The van der Waals surface area contributed by atoms with Gasteiger partial charge in [0.05, 0.1) is 11.1 Å². The molecule has 30 heavy (non-hydrogen) atoms. The van der Waals surface area contributed by atoms with Gasteiger partial charge in [-0.25, -0.2) is 4.39 Å². The number of halogens is 4. The summed E-state index contributed by atoms with van der Waals surface area (Å²) in [7, 11) is 0. The van der Waals surface area contributed by atoms with Crippen LogP contribution in [0.5, 0.6) is 11.5 Å². The van der Waals surface area contributed by atoms with Crippen molar-refractivity contribution in [3.05, 3.63) is 88.2 Å². The number of benzene rings is 3. The summed E-state index contributed by atoms with van der Waals surface area (Å²) >= 11 is 0. The number of hydrogen-bond acceptors (Lipinski definition) is 2. The highest BCUT2D eigenvalue weighted by atomic mass is 19.4. The van der Waals surface area contributed by atoms with Crippen LogP contribution in [0.1, 0.15) is 32.6 Å². The third-order valence-electron chi connectivity index (χ3n) is 4.55. The fourth-order valence-corrected chi connectivity index (χ4v) is 2.93. The predicted octanol–water partition coefficient (Wildman–Crippen LogP) is 6.81. The van der Waals surface area contributed by atoms with Crippen molar-refractivity contribution in [3.63, 3.8) is 0 Å². The Kier molecular flexibility index (Phi) is 5.82. The first-order valence-electron chi connectivity index (χ1n) is 9.09. The van der Waals surface area contributed by atoms with Crippen LogP contribution in [0, 0.1) is 26.6 Å². The minimum atomic E-state index is -4.55. The van der Waals surface area contributed by atoms with Gasteiger partial charge in [0.15, 0.2) is 0 Å². The first-order valence-corrected chi connectivity index (χ1v) is 9.09. The number of amides is 1. The number of anilines is 1. The molecule has 3 nitrogen and oxygen atoms in total. The lowest BCUT2D eigenvalue weighted by Crippen LogP contribution is -2.16. The molecule has 1 amide bonds. The molecule has 0 saturated heterocycles. The van der Waals surface area contributed by atoms with Gasteiger partial charge in [0.2, 0.25) is 0 Å². The lowest BCUT2D eigenvalue weighted by atomic mass is 10.0. The maximum absolute atomic E-state index is 14.3. The summed E-state index contributed by atoms with van der Waals surface area (Å²) in [5.41, 5.74) is 0.897. The van der Waals surface area contributed by atoms with Gasteiger partial charge in [0.1, 0.15) is 17.3 Å². The fourth-order valence-electron chi connectivity index (χ4n) is 2.93. The second-order valence-corrected chi connectivity index (χ2v) is 6.97. The molecule has 0 atom stereocenters. The Bertz CT molecular complexity index is 1090. The highest BCUT2D eigenvalue weighted by Crippen LogP contribution is 2.38. The Labute approximate surface area is 171 Å². The molecule has 0 aromatic heterocycles. The largest absolute Gasteiger partial charge is 0.457 e. The fraction of sp³-hybridized carbons (Fsp3) is 0.174. The van der Waals surface area contributed by atoms with Gasteiger partial charge >= 0.3 is 6.18 Å². The Morgan fingerprint density at radius 1 is 0.900 bits per heavy atom. The van der Waals surface area contributed by atoms with Crippen LogP contribution >= 0.6 is 0 Å². The van der Waals surface area contributed by atoms with Crippen molar-refractivity contribution in [2.45, 2.75) is 26.9 Å². The maximum atomic E-state index is 14.3. The summed E-state index contributed by atoms with van der Waals surface area (Å²) < 4.78 is 59.3. The van der Waals surface area contributed by atoms with Crippen molar-refractivity contribution in [2.24, 2.45) is 0 Å². The van der Waals surface area contributed by atoms with Crippen molar-refractivity contribution in [3.8, 4) is 11.5 Å². The van der Waals surface area contributed by atoms with Gasteiger partial charge in [-0.15, -0.1) is 0 Å². The van der Waals surface area contributed by atoms with Crippen LogP contribution in [0.15, 0.2) is 54.6 Å². The maximum Gasteiger partial charge on any atom is 0.419 e. The predicted molar refractivity (Wildman–Crippen MR) is 107 cm³/mol. The summed E-state index contributed by atoms with van der Waals surface area (Å²) in [5, 5.41) is 2.59. The second kappa shape index (κ2) is 8.18. The third kappa shape index (κ3) is 4.62. The number of carbonyl (C=O) groups is 1. The third-order valence-corrected chi connectivity index (χ3v) is 4.55. The zero-order valence-electron chi connectivity index (χ0n) is 16.5. The molecule has 3 aromatic carbocycles. The molecule has 0 saturated carbocycles. The molecule has 0 heterocycles. The van der Waals surface area contributed by atoms with Crippen molar-refractivity contribution in [1.29, 1.82) is 0 Å². The summed E-state index contributed by atoms with van der Waals surface area (Å²) in [6, 6.07) is 12.7. The average molecular weight is 417 g/mol. The number of ether oxygens (including phenoxy) is 1. The molecule has 3 aromatic rings. The zero-order valence-corrected chi connectivity index (χ0v) is 16.5. The number of carbonyl (C=O) groups excluding carboxylic acids is 1. The molecule has 3 rings (SSSR count). The molecule has 0 spiro atoms. The van der Waals surface area contributed by atoms with Crippen LogP contribution in [0.25, 0.3) is 0 Å². The quantitative estimate of drug-likeness (QED) is 0.473. The highest BCUT2D eigenvalue weighted by molar-refractivity contribution is 6.05. The standard InChI is InChI=1S/C23H19F4NO2/c1-13-4-11-18(23(25,26)27)19(12-13)30-17-9-7-16(8-10-17)28-22(29)20-14(2)5-6-15(3)21(20)24/h4-12H,1-3H3,(H,28,29). The van der Waals surface area contributed by atoms with Crippen LogP contribution in [0.3, 0.4) is 0 Å². The monoisotopic (exact) mass is 417 g/mol. The van der Waals surface area contributed by atoms with Gasteiger partial charge < -0.3 is 10.1 Å². The topological polar surface area (TPSA) is 38.3 Å². The molecular weight excluding hydrogens is 398 g/mol. The Balaban J connectivity index is 1.79. The van der Waals surface area contributed by atoms with E-state index >= 15 is 0 Å². The van der Waals surface area contributed by atoms with Gasteiger partial charge in [-0.1, -0.05) is 18.2 Å². The van der Waals surface area contributed by atoms with E-state index in [2.05, 4.69) is 5.32 Å². The van der Waals surface area contributed by atoms with Crippen molar-refractivity contribution in [1.82, 2.24) is 0 Å². The molecule has 0 bridgehead atoms. The molecule has 0 unspecified atom stereocenters. The summed E-state index contributed by atoms with van der Waals surface area (Å²) in [4.78, 5) is 12.5. The van der Waals surface area contributed by atoms with Crippen molar-refractivity contribution in [2.75, 3.05) is 5.32 Å². The van der Waals surface area contributed by atoms with Gasteiger partial charge in [-0.2, -0.15) is 13.2 Å². The van der Waals surface area contributed by atoms with E-state index in [9.17, 15) is 22.4 Å². The molecule has 0 aliphatic rings. The molecule has 0 aliphatic carbocycles. The molecule has 1 N–H and O–H groups in total. The van der Waals surface area contributed by atoms with Gasteiger partial charge in [-0.3, -0.25) is 4.79 Å². The summed E-state index contributed by atoms with van der Waals surface area (Å²) in [6.45, 7) is 4.87. The molecule has 156 valence electrons. The van der Waals surface area contributed by atoms with Crippen LogP contribution in [-0.4, -0.2) is 5.91 Å². The van der Waals surface area contributed by atoms with Crippen LogP contribution in [-0.2, 0) is 6.18 Å². The zero-order chi connectivity index (χ0) is 22.1. The van der Waals surface area contributed by atoms with E-state index in [-0.39, 0.29) is 17.1 Å². The molecule has 7 heteroatoms. The van der Waals surface area contributed by atoms with Crippen molar-refractivity contribution < 1.29 is 27.1 Å². The molecular formula is C23H19F4NO2. The number of hydrogen-bond donors (Lipinski definition) is 1. The first kappa shape index (κ1) is 21.4. The number of nitrogens with one attached hydrogen (secondary N) is 1. The van der Waals surface area contributed by atoms with Gasteiger partial charge in [0, 0.05) is 5.69 Å². The Morgan fingerprint density at radius 2 is 1.53 bits per heavy atom. The van der Waals surface area contributed by atoms with Crippen LogP contribution in [0.4, 0.5) is 23.2 Å². The lowest BCUT2D eigenvalue weighted by Gasteiger charge is -2.15. The molecule has 0 fully saturated rings. The van der Waals surface area contributed by atoms with Gasteiger partial charge in [0.25, 0.3) is 5.91 Å². The minimum absolute atomic E-state index is 0.0510. The molecule has 0 aliphatic heterocycles. The van der Waals surface area contributed by atoms with E-state index in [0.717, 1.165) is 6.07 Å². The SMILES string of the molecule is Cc1ccc(C(F)(F)F)c(Oc2ccc(NC(=O)c3c(C)ccc(C)c3F)cc2)c1. The lowest BCUT2D eigenvalue weighted by molar-refractivity contribution is -0.138. The van der Waals surface area contributed by atoms with E-state index in [1.807, 2.05) is 0 Å². The first-order chi connectivity index (χ1) is 14.1. The van der Waals surface area contributed by atoms with E-state index < -0.39 is 23.5 Å². The van der Waals surface area contributed by atoms with E-state index in [4.69, 9.17) is 4.74 Å². The van der Waals surface area contributed by atoms with E-state index in [0.29, 0.717) is 22.4 Å². The second-order valence-electron chi connectivity index (χ2n) is 6.97. The van der Waals surface area contributed by atoms with Gasteiger partial charge in [-0.05, 0) is 73.9 Å². The van der Waals surface area contributed by atoms with E-state index in [1.165, 1.54) is 36.4 Å². The Morgan fingerprint density at radius 3 is 2.17 bits per heavy atom. The smallest absolute Gasteiger partial charge is 0.419 e. The molecule has 0 radical (unpaired) electrons. The van der Waals surface area contributed by atoms with E-state index in [1.54, 1.807) is 32.9 Å².